The Labute approximate surface area is 153 Å². The van der Waals surface area contributed by atoms with Crippen molar-refractivity contribution in [3.05, 3.63) is 71.4 Å². The number of hydrogen-bond donors (Lipinski definition) is 2. The summed E-state index contributed by atoms with van der Waals surface area (Å²) in [5.74, 6) is 0.671. The van der Waals surface area contributed by atoms with E-state index < -0.39 is 0 Å². The fourth-order valence-corrected chi connectivity index (χ4v) is 2.71. The third kappa shape index (κ3) is 4.30. The minimum absolute atomic E-state index is 0.140. The van der Waals surface area contributed by atoms with Gasteiger partial charge in [0.1, 0.15) is 5.75 Å². The van der Waals surface area contributed by atoms with E-state index in [9.17, 15) is 4.79 Å². The molecule has 2 N–H and O–H groups in total. The lowest BCUT2D eigenvalue weighted by molar-refractivity contribution is 0.0951. The van der Waals surface area contributed by atoms with E-state index in [1.165, 1.54) is 0 Å². The standard InChI is InChI=1S/C21H23N3O2/c1-14(2)26-18-9-7-16(8-10-18)12-22-21(25)19-13-23-24-20(19)17-6-4-5-15(3)11-17/h4-11,13-14H,12H2,1-3H3,(H,22,25)(H,23,24). The fraction of sp³-hybridized carbons (Fsp3) is 0.238. The zero-order valence-corrected chi connectivity index (χ0v) is 15.2. The van der Waals surface area contributed by atoms with Crippen LogP contribution in [0.2, 0.25) is 0 Å². The van der Waals surface area contributed by atoms with Crippen LogP contribution in [0.15, 0.2) is 54.7 Å². The first-order valence-electron chi connectivity index (χ1n) is 8.67. The van der Waals surface area contributed by atoms with Gasteiger partial charge in [-0.3, -0.25) is 9.89 Å². The maximum atomic E-state index is 12.6. The summed E-state index contributed by atoms with van der Waals surface area (Å²) in [5.41, 5.74) is 4.35. The predicted octanol–water partition coefficient (Wildman–Crippen LogP) is 4.10. The normalized spacial score (nSPS) is 10.8. The predicted molar refractivity (Wildman–Crippen MR) is 102 cm³/mol. The van der Waals surface area contributed by atoms with Gasteiger partial charge in [0.15, 0.2) is 0 Å². The molecule has 5 nitrogen and oxygen atoms in total. The molecule has 0 aliphatic heterocycles. The fourth-order valence-electron chi connectivity index (χ4n) is 2.71. The van der Waals surface area contributed by atoms with Crippen molar-refractivity contribution >= 4 is 5.91 Å². The number of rotatable bonds is 6. The number of aryl methyl sites for hydroxylation is 1. The molecular weight excluding hydrogens is 326 g/mol. The minimum Gasteiger partial charge on any atom is -0.491 e. The van der Waals surface area contributed by atoms with Crippen molar-refractivity contribution in [3.63, 3.8) is 0 Å². The molecule has 1 aromatic heterocycles. The number of nitrogens with one attached hydrogen (secondary N) is 2. The molecule has 0 aliphatic carbocycles. The van der Waals surface area contributed by atoms with Crippen molar-refractivity contribution in [2.45, 2.75) is 33.4 Å². The van der Waals surface area contributed by atoms with E-state index >= 15 is 0 Å². The van der Waals surface area contributed by atoms with Crippen LogP contribution in [0.5, 0.6) is 5.75 Å². The number of aromatic amines is 1. The Morgan fingerprint density at radius 2 is 1.96 bits per heavy atom. The summed E-state index contributed by atoms with van der Waals surface area (Å²) >= 11 is 0. The summed E-state index contributed by atoms with van der Waals surface area (Å²) in [4.78, 5) is 12.6. The van der Waals surface area contributed by atoms with Crippen LogP contribution in [-0.4, -0.2) is 22.2 Å². The molecule has 0 unspecified atom stereocenters. The third-order valence-corrected chi connectivity index (χ3v) is 3.94. The van der Waals surface area contributed by atoms with Gasteiger partial charge in [0.2, 0.25) is 0 Å². The summed E-state index contributed by atoms with van der Waals surface area (Å²) in [6.45, 7) is 6.45. The molecule has 0 fully saturated rings. The zero-order valence-electron chi connectivity index (χ0n) is 15.2. The first-order chi connectivity index (χ1) is 12.5. The van der Waals surface area contributed by atoms with Crippen LogP contribution in [0.1, 0.15) is 35.3 Å². The largest absolute Gasteiger partial charge is 0.491 e. The molecular formula is C21H23N3O2. The Morgan fingerprint density at radius 3 is 2.65 bits per heavy atom. The molecule has 134 valence electrons. The van der Waals surface area contributed by atoms with Gasteiger partial charge in [-0.05, 0) is 44.5 Å². The van der Waals surface area contributed by atoms with E-state index in [1.54, 1.807) is 6.20 Å². The van der Waals surface area contributed by atoms with Crippen molar-refractivity contribution < 1.29 is 9.53 Å². The summed E-state index contributed by atoms with van der Waals surface area (Å²) in [6, 6.07) is 15.7. The molecule has 0 radical (unpaired) electrons. The van der Waals surface area contributed by atoms with Crippen molar-refractivity contribution in [3.8, 4) is 17.0 Å². The molecule has 0 atom stereocenters. The van der Waals surface area contributed by atoms with Crippen LogP contribution >= 0.6 is 0 Å². The van der Waals surface area contributed by atoms with Gasteiger partial charge >= 0.3 is 0 Å². The number of H-pyrrole nitrogens is 1. The Balaban J connectivity index is 1.67. The van der Waals surface area contributed by atoms with E-state index in [2.05, 4.69) is 15.5 Å². The number of ether oxygens (including phenoxy) is 1. The zero-order chi connectivity index (χ0) is 18.5. The molecule has 0 saturated heterocycles. The third-order valence-electron chi connectivity index (χ3n) is 3.94. The second-order valence-electron chi connectivity index (χ2n) is 6.52. The van der Waals surface area contributed by atoms with E-state index in [1.807, 2.05) is 69.3 Å². The van der Waals surface area contributed by atoms with Crippen LogP contribution in [0.3, 0.4) is 0 Å². The van der Waals surface area contributed by atoms with Crippen LogP contribution in [0, 0.1) is 6.92 Å². The lowest BCUT2D eigenvalue weighted by Gasteiger charge is -2.10. The summed E-state index contributed by atoms with van der Waals surface area (Å²) < 4.78 is 5.63. The first kappa shape index (κ1) is 17.7. The lowest BCUT2D eigenvalue weighted by atomic mass is 10.1. The van der Waals surface area contributed by atoms with Crippen molar-refractivity contribution in [1.29, 1.82) is 0 Å². The van der Waals surface area contributed by atoms with Gasteiger partial charge in [-0.25, -0.2) is 0 Å². The second kappa shape index (κ2) is 7.87. The van der Waals surface area contributed by atoms with Crippen molar-refractivity contribution in [2.24, 2.45) is 0 Å². The quantitative estimate of drug-likeness (QED) is 0.704. The molecule has 3 aromatic rings. The van der Waals surface area contributed by atoms with Gasteiger partial charge in [-0.15, -0.1) is 0 Å². The summed E-state index contributed by atoms with van der Waals surface area (Å²) in [6.07, 6.45) is 1.70. The molecule has 0 spiro atoms. The van der Waals surface area contributed by atoms with Crippen LogP contribution in [-0.2, 0) is 6.54 Å². The minimum atomic E-state index is -0.155. The van der Waals surface area contributed by atoms with Gasteiger partial charge in [-0.1, -0.05) is 35.9 Å². The molecule has 1 heterocycles. The van der Waals surface area contributed by atoms with E-state index in [0.29, 0.717) is 12.1 Å². The Hall–Kier alpha value is -3.08. The van der Waals surface area contributed by atoms with Gasteiger partial charge in [0.05, 0.1) is 23.6 Å². The van der Waals surface area contributed by atoms with Crippen LogP contribution in [0.25, 0.3) is 11.3 Å². The van der Waals surface area contributed by atoms with E-state index in [0.717, 1.165) is 28.1 Å². The summed E-state index contributed by atoms with van der Waals surface area (Å²) in [7, 11) is 0. The summed E-state index contributed by atoms with van der Waals surface area (Å²) in [5, 5.41) is 9.91. The number of benzene rings is 2. The van der Waals surface area contributed by atoms with Crippen LogP contribution < -0.4 is 10.1 Å². The molecule has 26 heavy (non-hydrogen) atoms. The Morgan fingerprint density at radius 1 is 1.19 bits per heavy atom. The molecule has 0 bridgehead atoms. The van der Waals surface area contributed by atoms with Crippen molar-refractivity contribution in [1.82, 2.24) is 15.5 Å². The highest BCUT2D eigenvalue weighted by molar-refractivity contribution is 5.99. The number of aromatic nitrogens is 2. The molecule has 0 saturated carbocycles. The molecule has 0 aliphatic rings. The lowest BCUT2D eigenvalue weighted by Crippen LogP contribution is -2.23. The first-order valence-corrected chi connectivity index (χ1v) is 8.67. The number of carbonyl (C=O) groups excluding carboxylic acids is 1. The number of nitrogens with zero attached hydrogens (tertiary/aromatic N) is 1. The van der Waals surface area contributed by atoms with Gasteiger partial charge in [0, 0.05) is 12.1 Å². The van der Waals surface area contributed by atoms with Gasteiger partial charge < -0.3 is 10.1 Å². The highest BCUT2D eigenvalue weighted by Crippen LogP contribution is 2.22. The number of hydrogen-bond acceptors (Lipinski definition) is 3. The molecule has 5 heteroatoms. The molecule has 3 rings (SSSR count). The maximum Gasteiger partial charge on any atom is 0.255 e. The highest BCUT2D eigenvalue weighted by atomic mass is 16.5. The average Bonchev–Trinajstić information content (AvgIpc) is 3.10. The molecule has 2 aromatic carbocycles. The maximum absolute atomic E-state index is 12.6. The van der Waals surface area contributed by atoms with Crippen LogP contribution in [0.4, 0.5) is 0 Å². The molecule has 1 amide bonds. The SMILES string of the molecule is Cc1cccc(-c2[nH]ncc2C(=O)NCc2ccc(OC(C)C)cc2)c1. The Kier molecular flexibility index (Phi) is 5.37. The second-order valence-corrected chi connectivity index (χ2v) is 6.52. The van der Waals surface area contributed by atoms with E-state index in [-0.39, 0.29) is 12.0 Å². The van der Waals surface area contributed by atoms with Gasteiger partial charge in [0.25, 0.3) is 5.91 Å². The number of carbonyl (C=O) groups is 1. The van der Waals surface area contributed by atoms with Gasteiger partial charge in [-0.2, -0.15) is 5.10 Å². The van der Waals surface area contributed by atoms with E-state index in [4.69, 9.17) is 4.74 Å². The average molecular weight is 349 g/mol. The van der Waals surface area contributed by atoms with Crippen molar-refractivity contribution in [2.75, 3.05) is 0 Å². The highest BCUT2D eigenvalue weighted by Gasteiger charge is 2.15. The topological polar surface area (TPSA) is 67.0 Å². The monoisotopic (exact) mass is 349 g/mol. The number of amides is 1. The smallest absolute Gasteiger partial charge is 0.255 e. The Bertz CT molecular complexity index is 882.